The molecule has 1 aromatic carbocycles. The van der Waals surface area contributed by atoms with Crippen LogP contribution >= 0.6 is 11.3 Å². The molecule has 0 fully saturated rings. The molecular weight excluding hydrogens is 324 g/mol. The fourth-order valence-electron chi connectivity index (χ4n) is 2.15. The number of nitriles is 1. The molecule has 5 nitrogen and oxygen atoms in total. The van der Waals surface area contributed by atoms with E-state index in [1.54, 1.807) is 25.1 Å². The largest absolute Gasteiger partial charge is 0.462 e. The molecule has 0 unspecified atom stereocenters. The number of carbonyl (C=O) groups excluding carboxylic acids is 2. The van der Waals surface area contributed by atoms with E-state index in [0.717, 1.165) is 11.1 Å². The molecule has 1 N–H and O–H groups in total. The third-order valence-electron chi connectivity index (χ3n) is 3.36. The SMILES string of the molecule is CCOC(=O)c1sc(NC(=O)CCc2ccc(C#N)cc2)cc1C. The molecule has 24 heavy (non-hydrogen) atoms. The zero-order valence-electron chi connectivity index (χ0n) is 13.6. The fourth-order valence-corrected chi connectivity index (χ4v) is 3.13. The quantitative estimate of drug-likeness (QED) is 0.812. The lowest BCUT2D eigenvalue weighted by Crippen LogP contribution is -2.11. The van der Waals surface area contributed by atoms with Gasteiger partial charge in [0, 0.05) is 6.42 Å². The molecule has 1 amide bonds. The molecule has 0 aliphatic rings. The van der Waals surface area contributed by atoms with Gasteiger partial charge in [-0.05, 0) is 49.6 Å². The first-order valence-corrected chi connectivity index (χ1v) is 8.41. The van der Waals surface area contributed by atoms with Gasteiger partial charge in [0.25, 0.3) is 0 Å². The molecule has 1 heterocycles. The van der Waals surface area contributed by atoms with Crippen LogP contribution in [0.1, 0.15) is 39.7 Å². The second-order valence-corrected chi connectivity index (χ2v) is 6.25. The Hall–Kier alpha value is -2.65. The number of nitrogens with one attached hydrogen (secondary N) is 1. The van der Waals surface area contributed by atoms with Crippen molar-refractivity contribution in [1.29, 1.82) is 5.26 Å². The number of thiophene rings is 1. The number of esters is 1. The van der Waals surface area contributed by atoms with Crippen LogP contribution in [0.15, 0.2) is 30.3 Å². The number of hydrogen-bond donors (Lipinski definition) is 1. The van der Waals surface area contributed by atoms with Gasteiger partial charge in [0.1, 0.15) is 4.88 Å². The van der Waals surface area contributed by atoms with E-state index in [2.05, 4.69) is 11.4 Å². The first-order valence-electron chi connectivity index (χ1n) is 7.60. The summed E-state index contributed by atoms with van der Waals surface area (Å²) in [5.41, 5.74) is 2.39. The molecule has 2 rings (SSSR count). The second kappa shape index (κ2) is 8.27. The van der Waals surface area contributed by atoms with Crippen LogP contribution in [0.5, 0.6) is 0 Å². The van der Waals surface area contributed by atoms with Crippen LogP contribution < -0.4 is 5.32 Å². The Morgan fingerprint density at radius 3 is 2.62 bits per heavy atom. The van der Waals surface area contributed by atoms with Crippen LogP contribution in [0.3, 0.4) is 0 Å². The molecule has 2 aromatic rings. The van der Waals surface area contributed by atoms with Crippen molar-refractivity contribution in [3.63, 3.8) is 0 Å². The second-order valence-electron chi connectivity index (χ2n) is 5.20. The summed E-state index contributed by atoms with van der Waals surface area (Å²) in [5, 5.41) is 12.2. The molecule has 6 heteroatoms. The first kappa shape index (κ1) is 17.7. The van der Waals surface area contributed by atoms with Crippen LogP contribution in [0.25, 0.3) is 0 Å². The Labute approximate surface area is 144 Å². The predicted molar refractivity (Wildman–Crippen MR) is 93.1 cm³/mol. The molecule has 0 saturated carbocycles. The highest BCUT2D eigenvalue weighted by molar-refractivity contribution is 7.18. The number of carbonyl (C=O) groups is 2. The normalized spacial score (nSPS) is 10.0. The summed E-state index contributed by atoms with van der Waals surface area (Å²) in [6.07, 6.45) is 0.921. The zero-order chi connectivity index (χ0) is 17.5. The smallest absolute Gasteiger partial charge is 0.348 e. The number of amides is 1. The molecule has 1 aromatic heterocycles. The van der Waals surface area contributed by atoms with Crippen molar-refractivity contribution < 1.29 is 14.3 Å². The minimum absolute atomic E-state index is 0.115. The van der Waals surface area contributed by atoms with Crippen molar-refractivity contribution in [2.45, 2.75) is 26.7 Å². The molecule has 124 valence electrons. The van der Waals surface area contributed by atoms with Gasteiger partial charge in [-0.3, -0.25) is 4.79 Å². The Bertz CT molecular complexity index is 773. The van der Waals surface area contributed by atoms with E-state index in [0.29, 0.717) is 34.9 Å². The summed E-state index contributed by atoms with van der Waals surface area (Å²) in [5.74, 6) is -0.478. The van der Waals surface area contributed by atoms with Crippen LogP contribution in [0.4, 0.5) is 5.00 Å². The van der Waals surface area contributed by atoms with Crippen LogP contribution in [-0.2, 0) is 16.0 Å². The highest BCUT2D eigenvalue weighted by Gasteiger charge is 2.15. The lowest BCUT2D eigenvalue weighted by molar-refractivity contribution is -0.116. The summed E-state index contributed by atoms with van der Waals surface area (Å²) in [6.45, 7) is 3.89. The highest BCUT2D eigenvalue weighted by Crippen LogP contribution is 2.27. The van der Waals surface area contributed by atoms with Crippen LogP contribution in [0, 0.1) is 18.3 Å². The standard InChI is InChI=1S/C18H18N2O3S/c1-3-23-18(22)17-12(2)10-16(24-17)20-15(21)9-8-13-4-6-14(11-19)7-5-13/h4-7,10H,3,8-9H2,1-2H3,(H,20,21). The maximum atomic E-state index is 12.1. The first-order chi connectivity index (χ1) is 11.5. The van der Waals surface area contributed by atoms with Crippen LogP contribution in [-0.4, -0.2) is 18.5 Å². The third-order valence-corrected chi connectivity index (χ3v) is 4.50. The molecule has 0 aliphatic heterocycles. The van der Waals surface area contributed by atoms with Gasteiger partial charge in [0.2, 0.25) is 5.91 Å². The van der Waals surface area contributed by atoms with Gasteiger partial charge in [-0.25, -0.2) is 4.79 Å². The zero-order valence-corrected chi connectivity index (χ0v) is 14.4. The maximum absolute atomic E-state index is 12.1. The Kier molecular flexibility index (Phi) is 6.10. The van der Waals surface area contributed by atoms with Gasteiger partial charge in [0.15, 0.2) is 0 Å². The summed E-state index contributed by atoms with van der Waals surface area (Å²) in [4.78, 5) is 24.3. The maximum Gasteiger partial charge on any atom is 0.348 e. The van der Waals surface area contributed by atoms with Gasteiger partial charge >= 0.3 is 5.97 Å². The average molecular weight is 342 g/mol. The Balaban J connectivity index is 1.91. The lowest BCUT2D eigenvalue weighted by atomic mass is 10.1. The van der Waals surface area contributed by atoms with Gasteiger partial charge < -0.3 is 10.1 Å². The van der Waals surface area contributed by atoms with Gasteiger partial charge in [-0.1, -0.05) is 12.1 Å². The molecule has 0 atom stereocenters. The summed E-state index contributed by atoms with van der Waals surface area (Å²) in [6, 6.07) is 11.0. The number of anilines is 1. The highest BCUT2D eigenvalue weighted by atomic mass is 32.1. The lowest BCUT2D eigenvalue weighted by Gasteiger charge is -2.03. The molecule has 0 spiro atoms. The molecule has 0 aliphatic carbocycles. The van der Waals surface area contributed by atoms with Crippen molar-refractivity contribution in [2.24, 2.45) is 0 Å². The van der Waals surface area contributed by atoms with Crippen molar-refractivity contribution in [3.05, 3.63) is 51.9 Å². The van der Waals surface area contributed by atoms with Gasteiger partial charge in [0.05, 0.1) is 23.2 Å². The van der Waals surface area contributed by atoms with E-state index in [9.17, 15) is 9.59 Å². The van der Waals surface area contributed by atoms with Crippen molar-refractivity contribution in [3.8, 4) is 6.07 Å². The summed E-state index contributed by atoms with van der Waals surface area (Å²) >= 11 is 1.22. The van der Waals surface area contributed by atoms with E-state index < -0.39 is 0 Å². The third kappa shape index (κ3) is 4.67. The van der Waals surface area contributed by atoms with Crippen molar-refractivity contribution in [2.75, 3.05) is 11.9 Å². The number of rotatable bonds is 6. The number of ether oxygens (including phenoxy) is 1. The van der Waals surface area contributed by atoms with E-state index in [1.807, 2.05) is 19.1 Å². The minimum Gasteiger partial charge on any atom is -0.462 e. The topological polar surface area (TPSA) is 79.2 Å². The minimum atomic E-state index is -0.363. The number of benzene rings is 1. The number of aryl methyl sites for hydroxylation is 2. The fraction of sp³-hybridized carbons (Fsp3) is 0.278. The van der Waals surface area contributed by atoms with Gasteiger partial charge in [-0.2, -0.15) is 5.26 Å². The average Bonchev–Trinajstić information content (AvgIpc) is 2.94. The monoisotopic (exact) mass is 342 g/mol. The molecular formula is C18H18N2O3S. The number of hydrogen-bond acceptors (Lipinski definition) is 5. The van der Waals surface area contributed by atoms with E-state index in [4.69, 9.17) is 10.00 Å². The predicted octanol–water partition coefficient (Wildman–Crippen LogP) is 3.68. The Morgan fingerprint density at radius 1 is 1.29 bits per heavy atom. The van der Waals surface area contributed by atoms with E-state index in [1.165, 1.54) is 11.3 Å². The van der Waals surface area contributed by atoms with E-state index >= 15 is 0 Å². The van der Waals surface area contributed by atoms with Crippen LogP contribution in [0.2, 0.25) is 0 Å². The molecule has 0 radical (unpaired) electrons. The summed E-state index contributed by atoms with van der Waals surface area (Å²) in [7, 11) is 0. The van der Waals surface area contributed by atoms with E-state index in [-0.39, 0.29) is 11.9 Å². The Morgan fingerprint density at radius 2 is 2.00 bits per heavy atom. The van der Waals surface area contributed by atoms with Gasteiger partial charge in [-0.15, -0.1) is 11.3 Å². The summed E-state index contributed by atoms with van der Waals surface area (Å²) < 4.78 is 4.99. The number of nitrogens with zero attached hydrogens (tertiary/aromatic N) is 1. The molecule has 0 bridgehead atoms. The molecule has 0 saturated heterocycles. The van der Waals surface area contributed by atoms with Crippen molar-refractivity contribution in [1.82, 2.24) is 0 Å². The van der Waals surface area contributed by atoms with Crippen molar-refractivity contribution >= 4 is 28.2 Å².